The summed E-state index contributed by atoms with van der Waals surface area (Å²) in [5, 5.41) is 9.22. The molecule has 70 valence electrons. The van der Waals surface area contributed by atoms with Crippen LogP contribution < -0.4 is 0 Å². The normalized spacial score (nSPS) is 12.5. The first-order valence-corrected chi connectivity index (χ1v) is 4.33. The van der Waals surface area contributed by atoms with Crippen molar-refractivity contribution in [3.8, 4) is 0 Å². The van der Waals surface area contributed by atoms with Gasteiger partial charge in [0.2, 0.25) is 0 Å². The molecule has 1 aromatic heterocycles. The van der Waals surface area contributed by atoms with E-state index in [1.165, 1.54) is 0 Å². The molecular formula is C10H13NO2. The van der Waals surface area contributed by atoms with E-state index in [4.69, 9.17) is 0 Å². The molecule has 0 aliphatic heterocycles. The lowest BCUT2D eigenvalue weighted by molar-refractivity contribution is -0.126. The molecule has 1 rings (SSSR count). The molecular weight excluding hydrogens is 166 g/mol. The Bertz CT molecular complexity index is 272. The third-order valence-corrected chi connectivity index (χ3v) is 1.86. The van der Waals surface area contributed by atoms with E-state index in [-0.39, 0.29) is 12.2 Å². The minimum absolute atomic E-state index is 0.143. The van der Waals surface area contributed by atoms with Gasteiger partial charge < -0.3 is 5.11 Å². The molecule has 0 saturated heterocycles. The zero-order valence-corrected chi connectivity index (χ0v) is 7.60. The number of rotatable bonds is 4. The molecule has 1 heterocycles. The SMILES string of the molecule is CCC(O)C(=O)Cc1cccnc1. The molecule has 3 heteroatoms. The molecule has 0 amide bonds. The Hall–Kier alpha value is -1.22. The van der Waals surface area contributed by atoms with Gasteiger partial charge in [-0.2, -0.15) is 0 Å². The summed E-state index contributed by atoms with van der Waals surface area (Å²) in [6, 6.07) is 3.61. The van der Waals surface area contributed by atoms with E-state index in [0.717, 1.165) is 5.56 Å². The Morgan fingerprint density at radius 2 is 2.46 bits per heavy atom. The van der Waals surface area contributed by atoms with Crippen molar-refractivity contribution in [2.24, 2.45) is 0 Å². The Labute approximate surface area is 77.4 Å². The average Bonchev–Trinajstić information content (AvgIpc) is 2.18. The monoisotopic (exact) mass is 179 g/mol. The van der Waals surface area contributed by atoms with E-state index in [0.29, 0.717) is 6.42 Å². The molecule has 3 nitrogen and oxygen atoms in total. The second-order valence-corrected chi connectivity index (χ2v) is 2.93. The standard InChI is InChI=1S/C10H13NO2/c1-2-9(12)10(13)6-8-4-3-5-11-7-8/h3-5,7,9,12H,2,6H2,1H3. The number of aromatic nitrogens is 1. The number of carbonyl (C=O) groups is 1. The summed E-state index contributed by atoms with van der Waals surface area (Å²) in [4.78, 5) is 15.2. The number of aliphatic hydroxyl groups excluding tert-OH is 1. The zero-order chi connectivity index (χ0) is 9.68. The fraction of sp³-hybridized carbons (Fsp3) is 0.400. The van der Waals surface area contributed by atoms with Gasteiger partial charge in [0.25, 0.3) is 0 Å². The minimum atomic E-state index is -0.833. The number of nitrogens with zero attached hydrogens (tertiary/aromatic N) is 1. The highest BCUT2D eigenvalue weighted by molar-refractivity contribution is 5.84. The lowest BCUT2D eigenvalue weighted by Gasteiger charge is -2.05. The van der Waals surface area contributed by atoms with E-state index >= 15 is 0 Å². The van der Waals surface area contributed by atoms with Crippen molar-refractivity contribution in [3.63, 3.8) is 0 Å². The van der Waals surface area contributed by atoms with Gasteiger partial charge in [0.1, 0.15) is 6.10 Å². The average molecular weight is 179 g/mol. The van der Waals surface area contributed by atoms with Crippen LogP contribution in [0.2, 0.25) is 0 Å². The summed E-state index contributed by atoms with van der Waals surface area (Å²) in [7, 11) is 0. The molecule has 1 aromatic rings. The fourth-order valence-electron chi connectivity index (χ4n) is 1.05. The van der Waals surface area contributed by atoms with Gasteiger partial charge in [-0.05, 0) is 18.1 Å². The molecule has 0 aliphatic rings. The smallest absolute Gasteiger partial charge is 0.165 e. The highest BCUT2D eigenvalue weighted by atomic mass is 16.3. The van der Waals surface area contributed by atoms with Crippen molar-refractivity contribution in [1.82, 2.24) is 4.98 Å². The van der Waals surface area contributed by atoms with Crippen LogP contribution in [-0.2, 0) is 11.2 Å². The number of ketones is 1. The van der Waals surface area contributed by atoms with Crippen LogP contribution in [0.4, 0.5) is 0 Å². The molecule has 0 bridgehead atoms. The summed E-state index contributed by atoms with van der Waals surface area (Å²) in [6.45, 7) is 1.78. The summed E-state index contributed by atoms with van der Waals surface area (Å²) >= 11 is 0. The van der Waals surface area contributed by atoms with E-state index in [1.807, 2.05) is 6.07 Å². The quantitative estimate of drug-likeness (QED) is 0.749. The number of Topliss-reactive ketones (excluding diaryl/α,β-unsaturated/α-hetero) is 1. The summed E-state index contributed by atoms with van der Waals surface area (Å²) < 4.78 is 0. The van der Waals surface area contributed by atoms with Crippen LogP contribution >= 0.6 is 0 Å². The number of hydrogen-bond donors (Lipinski definition) is 1. The Morgan fingerprint density at radius 3 is 3.00 bits per heavy atom. The third-order valence-electron chi connectivity index (χ3n) is 1.86. The van der Waals surface area contributed by atoms with Gasteiger partial charge in [0.15, 0.2) is 5.78 Å². The highest BCUT2D eigenvalue weighted by Gasteiger charge is 2.12. The Balaban J connectivity index is 2.55. The predicted octanol–water partition coefficient (Wildman–Crippen LogP) is 0.964. The molecule has 1 atom stereocenters. The summed E-state index contributed by atoms with van der Waals surface area (Å²) in [6.07, 6.45) is 3.20. The van der Waals surface area contributed by atoms with E-state index in [1.54, 1.807) is 25.4 Å². The van der Waals surface area contributed by atoms with Gasteiger partial charge in [0, 0.05) is 18.8 Å². The number of hydrogen-bond acceptors (Lipinski definition) is 3. The van der Waals surface area contributed by atoms with Crippen LogP contribution in [-0.4, -0.2) is 22.0 Å². The first kappa shape index (κ1) is 9.86. The molecule has 13 heavy (non-hydrogen) atoms. The maximum Gasteiger partial charge on any atom is 0.165 e. The molecule has 0 spiro atoms. The number of aliphatic hydroxyl groups is 1. The fourth-order valence-corrected chi connectivity index (χ4v) is 1.05. The molecule has 1 unspecified atom stereocenters. The van der Waals surface area contributed by atoms with Crippen LogP contribution in [0.3, 0.4) is 0 Å². The molecule has 0 radical (unpaired) electrons. The third kappa shape index (κ3) is 2.95. The second kappa shape index (κ2) is 4.72. The van der Waals surface area contributed by atoms with Crippen molar-refractivity contribution in [3.05, 3.63) is 30.1 Å². The largest absolute Gasteiger partial charge is 0.385 e. The molecule has 0 fully saturated rings. The van der Waals surface area contributed by atoms with Gasteiger partial charge in [0.05, 0.1) is 0 Å². The van der Waals surface area contributed by atoms with E-state index < -0.39 is 6.10 Å². The van der Waals surface area contributed by atoms with Crippen LogP contribution in [0.5, 0.6) is 0 Å². The van der Waals surface area contributed by atoms with Crippen LogP contribution in [0, 0.1) is 0 Å². The maximum atomic E-state index is 11.3. The van der Waals surface area contributed by atoms with Crippen molar-refractivity contribution in [2.75, 3.05) is 0 Å². The molecule has 1 N–H and O–H groups in total. The van der Waals surface area contributed by atoms with Crippen molar-refractivity contribution >= 4 is 5.78 Å². The number of carbonyl (C=O) groups excluding carboxylic acids is 1. The van der Waals surface area contributed by atoms with Crippen molar-refractivity contribution in [2.45, 2.75) is 25.9 Å². The van der Waals surface area contributed by atoms with Gasteiger partial charge in [-0.3, -0.25) is 9.78 Å². The minimum Gasteiger partial charge on any atom is -0.385 e. The molecule has 0 aliphatic carbocycles. The lowest BCUT2D eigenvalue weighted by atomic mass is 10.1. The van der Waals surface area contributed by atoms with Crippen LogP contribution in [0.15, 0.2) is 24.5 Å². The van der Waals surface area contributed by atoms with Gasteiger partial charge in [-0.25, -0.2) is 0 Å². The zero-order valence-electron chi connectivity index (χ0n) is 7.60. The first-order valence-electron chi connectivity index (χ1n) is 4.33. The Kier molecular flexibility index (Phi) is 3.58. The van der Waals surface area contributed by atoms with E-state index in [9.17, 15) is 9.90 Å². The van der Waals surface area contributed by atoms with Crippen LogP contribution in [0.25, 0.3) is 0 Å². The number of pyridine rings is 1. The maximum absolute atomic E-state index is 11.3. The van der Waals surface area contributed by atoms with E-state index in [2.05, 4.69) is 4.98 Å². The second-order valence-electron chi connectivity index (χ2n) is 2.93. The molecule has 0 aromatic carbocycles. The van der Waals surface area contributed by atoms with Gasteiger partial charge in [-0.15, -0.1) is 0 Å². The summed E-state index contributed by atoms with van der Waals surface area (Å²) in [5.41, 5.74) is 0.847. The van der Waals surface area contributed by atoms with Gasteiger partial charge >= 0.3 is 0 Å². The lowest BCUT2D eigenvalue weighted by Crippen LogP contribution is -2.21. The topological polar surface area (TPSA) is 50.2 Å². The Morgan fingerprint density at radius 1 is 1.69 bits per heavy atom. The van der Waals surface area contributed by atoms with Gasteiger partial charge in [-0.1, -0.05) is 13.0 Å². The summed E-state index contributed by atoms with van der Waals surface area (Å²) in [5.74, 6) is -0.143. The van der Waals surface area contributed by atoms with Crippen LogP contribution in [0.1, 0.15) is 18.9 Å². The molecule has 0 saturated carbocycles. The van der Waals surface area contributed by atoms with Crippen molar-refractivity contribution < 1.29 is 9.90 Å². The first-order chi connectivity index (χ1) is 6.24. The highest BCUT2D eigenvalue weighted by Crippen LogP contribution is 2.02. The predicted molar refractivity (Wildman–Crippen MR) is 49.2 cm³/mol. The van der Waals surface area contributed by atoms with Crippen molar-refractivity contribution in [1.29, 1.82) is 0 Å².